The van der Waals surface area contributed by atoms with Crippen molar-refractivity contribution in [1.29, 1.82) is 0 Å². The van der Waals surface area contributed by atoms with E-state index >= 15 is 0 Å². The fraction of sp³-hybridized carbons (Fsp3) is 1.00. The molecule has 66 valence electrons. The minimum Gasteiger partial charge on any atom is -0.396 e. The minimum atomic E-state index is -0.952. The standard InChI is InChI=1S/C8H18O2Si/c1-2-3-6-11-7-4-5-8(9)10-11/h8-9,11H,2-7H2,1H3. The van der Waals surface area contributed by atoms with Gasteiger partial charge in [-0.15, -0.1) is 0 Å². The van der Waals surface area contributed by atoms with Crippen LogP contribution in [-0.2, 0) is 4.43 Å². The molecule has 11 heavy (non-hydrogen) atoms. The summed E-state index contributed by atoms with van der Waals surface area (Å²) in [5.41, 5.74) is 0. The van der Waals surface area contributed by atoms with E-state index in [-0.39, 0.29) is 0 Å². The van der Waals surface area contributed by atoms with Crippen LogP contribution in [0.25, 0.3) is 0 Å². The van der Waals surface area contributed by atoms with Crippen molar-refractivity contribution in [2.24, 2.45) is 0 Å². The molecular weight excluding hydrogens is 156 g/mol. The highest BCUT2D eigenvalue weighted by Gasteiger charge is 2.20. The number of hydrogen-bond donors (Lipinski definition) is 1. The molecule has 0 bridgehead atoms. The first-order valence-corrected chi connectivity index (χ1v) is 6.77. The van der Waals surface area contributed by atoms with Crippen molar-refractivity contribution in [3.63, 3.8) is 0 Å². The second kappa shape index (κ2) is 4.90. The Hall–Kier alpha value is 0.137. The molecule has 3 heteroatoms. The zero-order chi connectivity index (χ0) is 8.10. The predicted molar refractivity (Wildman–Crippen MR) is 48.0 cm³/mol. The van der Waals surface area contributed by atoms with Gasteiger partial charge in [0.15, 0.2) is 9.04 Å². The van der Waals surface area contributed by atoms with Crippen LogP contribution in [0.3, 0.4) is 0 Å². The molecule has 0 saturated carbocycles. The molecule has 2 nitrogen and oxygen atoms in total. The molecule has 1 N–H and O–H groups in total. The first kappa shape index (κ1) is 9.23. The van der Waals surface area contributed by atoms with Gasteiger partial charge in [-0.05, 0) is 24.9 Å². The average Bonchev–Trinajstić information content (AvgIpc) is 2.01. The number of aliphatic hydroxyl groups is 1. The molecule has 1 fully saturated rings. The van der Waals surface area contributed by atoms with Gasteiger partial charge in [0.05, 0.1) is 0 Å². The third-order valence-corrected chi connectivity index (χ3v) is 5.01. The van der Waals surface area contributed by atoms with Crippen LogP contribution >= 0.6 is 0 Å². The van der Waals surface area contributed by atoms with Crippen molar-refractivity contribution in [2.75, 3.05) is 0 Å². The molecule has 1 aliphatic heterocycles. The van der Waals surface area contributed by atoms with E-state index in [0.717, 1.165) is 6.42 Å². The maximum atomic E-state index is 9.19. The molecule has 1 rings (SSSR count). The maximum absolute atomic E-state index is 9.19. The van der Waals surface area contributed by atoms with Crippen LogP contribution in [0.2, 0.25) is 12.1 Å². The fourth-order valence-corrected chi connectivity index (χ4v) is 4.22. The van der Waals surface area contributed by atoms with Gasteiger partial charge in [0.1, 0.15) is 6.29 Å². The van der Waals surface area contributed by atoms with Crippen molar-refractivity contribution in [1.82, 2.24) is 0 Å². The Balaban J connectivity index is 2.12. The van der Waals surface area contributed by atoms with Gasteiger partial charge >= 0.3 is 0 Å². The molecule has 0 spiro atoms. The van der Waals surface area contributed by atoms with Gasteiger partial charge < -0.3 is 9.53 Å². The number of unbranched alkanes of at least 4 members (excludes halogenated alkanes) is 1. The van der Waals surface area contributed by atoms with E-state index in [1.54, 1.807) is 0 Å². The minimum absolute atomic E-state index is 0.419. The fourth-order valence-electron chi connectivity index (χ4n) is 1.52. The summed E-state index contributed by atoms with van der Waals surface area (Å²) in [5, 5.41) is 9.19. The smallest absolute Gasteiger partial charge is 0.180 e. The van der Waals surface area contributed by atoms with Crippen LogP contribution in [0.4, 0.5) is 0 Å². The molecule has 2 unspecified atom stereocenters. The van der Waals surface area contributed by atoms with E-state index in [1.165, 1.54) is 31.4 Å². The van der Waals surface area contributed by atoms with Gasteiger partial charge in [0.2, 0.25) is 0 Å². The van der Waals surface area contributed by atoms with E-state index in [0.29, 0.717) is 0 Å². The lowest BCUT2D eigenvalue weighted by atomic mass is 10.3. The Bertz CT molecular complexity index is 108. The number of aliphatic hydroxyl groups excluding tert-OH is 1. The first-order valence-electron chi connectivity index (χ1n) is 4.66. The summed E-state index contributed by atoms with van der Waals surface area (Å²) in [6.45, 7) is 2.20. The Morgan fingerprint density at radius 3 is 3.09 bits per heavy atom. The van der Waals surface area contributed by atoms with Crippen LogP contribution in [0.5, 0.6) is 0 Å². The van der Waals surface area contributed by atoms with Crippen molar-refractivity contribution in [3.05, 3.63) is 0 Å². The molecule has 0 aliphatic carbocycles. The Morgan fingerprint density at radius 1 is 1.64 bits per heavy atom. The molecule has 1 saturated heterocycles. The summed E-state index contributed by atoms with van der Waals surface area (Å²) in [7, 11) is -0.952. The van der Waals surface area contributed by atoms with E-state index in [4.69, 9.17) is 4.43 Å². The lowest BCUT2D eigenvalue weighted by Crippen LogP contribution is -2.30. The highest BCUT2D eigenvalue weighted by molar-refractivity contribution is 6.52. The highest BCUT2D eigenvalue weighted by Crippen LogP contribution is 2.19. The highest BCUT2D eigenvalue weighted by atomic mass is 28.3. The number of rotatable bonds is 3. The van der Waals surface area contributed by atoms with Crippen LogP contribution < -0.4 is 0 Å². The second-order valence-corrected chi connectivity index (χ2v) is 5.96. The summed E-state index contributed by atoms with van der Waals surface area (Å²) in [5.74, 6) is 0. The van der Waals surface area contributed by atoms with Crippen molar-refractivity contribution in [2.45, 2.75) is 51.0 Å². The summed E-state index contributed by atoms with van der Waals surface area (Å²) in [6, 6.07) is 2.53. The molecule has 1 aliphatic rings. The molecule has 0 aromatic rings. The Kier molecular flexibility index (Phi) is 4.11. The number of hydrogen-bond acceptors (Lipinski definition) is 2. The topological polar surface area (TPSA) is 29.5 Å². The third-order valence-electron chi connectivity index (χ3n) is 2.21. The lowest BCUT2D eigenvalue weighted by molar-refractivity contribution is -0.0361. The van der Waals surface area contributed by atoms with Gasteiger partial charge in [-0.1, -0.05) is 19.8 Å². The summed E-state index contributed by atoms with van der Waals surface area (Å²) in [4.78, 5) is 0. The quantitative estimate of drug-likeness (QED) is 0.659. The molecule has 0 radical (unpaired) electrons. The van der Waals surface area contributed by atoms with Crippen molar-refractivity contribution < 1.29 is 9.53 Å². The van der Waals surface area contributed by atoms with E-state index in [1.807, 2.05) is 0 Å². The van der Waals surface area contributed by atoms with Crippen LogP contribution in [0.1, 0.15) is 32.6 Å². The molecular formula is C8H18O2Si. The molecule has 1 heterocycles. The van der Waals surface area contributed by atoms with Gasteiger partial charge in [-0.25, -0.2) is 0 Å². The van der Waals surface area contributed by atoms with Gasteiger partial charge in [-0.3, -0.25) is 0 Å². The SMILES string of the molecule is CCCC[SiH]1CCCC(O)O1. The predicted octanol–water partition coefficient (Wildman–Crippen LogP) is 1.64. The zero-order valence-electron chi connectivity index (χ0n) is 7.25. The second-order valence-electron chi connectivity index (χ2n) is 3.29. The van der Waals surface area contributed by atoms with Gasteiger partial charge in [0.25, 0.3) is 0 Å². The molecule has 0 aromatic heterocycles. The summed E-state index contributed by atoms with van der Waals surface area (Å²) < 4.78 is 5.48. The van der Waals surface area contributed by atoms with E-state index in [2.05, 4.69) is 6.92 Å². The van der Waals surface area contributed by atoms with Crippen molar-refractivity contribution >= 4 is 9.04 Å². The van der Waals surface area contributed by atoms with E-state index < -0.39 is 15.3 Å². The van der Waals surface area contributed by atoms with E-state index in [9.17, 15) is 5.11 Å². The zero-order valence-corrected chi connectivity index (χ0v) is 8.41. The van der Waals surface area contributed by atoms with Crippen molar-refractivity contribution in [3.8, 4) is 0 Å². The van der Waals surface area contributed by atoms with Crippen LogP contribution in [0, 0.1) is 0 Å². The average molecular weight is 174 g/mol. The summed E-state index contributed by atoms with van der Waals surface area (Å²) >= 11 is 0. The Morgan fingerprint density at radius 2 is 2.45 bits per heavy atom. The molecule has 2 atom stereocenters. The maximum Gasteiger partial charge on any atom is 0.180 e. The summed E-state index contributed by atoms with van der Waals surface area (Å²) in [6.07, 6.45) is 4.15. The van der Waals surface area contributed by atoms with Crippen LogP contribution in [0.15, 0.2) is 0 Å². The van der Waals surface area contributed by atoms with Gasteiger partial charge in [0, 0.05) is 0 Å². The largest absolute Gasteiger partial charge is 0.396 e. The molecule has 0 aromatic carbocycles. The van der Waals surface area contributed by atoms with Crippen LogP contribution in [-0.4, -0.2) is 20.4 Å². The first-order chi connectivity index (χ1) is 5.33. The third kappa shape index (κ3) is 3.36. The van der Waals surface area contributed by atoms with Gasteiger partial charge in [-0.2, -0.15) is 0 Å². The lowest BCUT2D eigenvalue weighted by Gasteiger charge is -2.25. The normalized spacial score (nSPS) is 32.2. The Labute approximate surface area is 70.3 Å². The molecule has 0 amide bonds. The monoisotopic (exact) mass is 174 g/mol.